The van der Waals surface area contributed by atoms with Crippen molar-refractivity contribution in [1.82, 2.24) is 4.98 Å². The Morgan fingerprint density at radius 2 is 2.05 bits per heavy atom. The summed E-state index contributed by atoms with van der Waals surface area (Å²) in [6.45, 7) is 0.480. The van der Waals surface area contributed by atoms with Crippen molar-refractivity contribution in [3.8, 4) is 21.8 Å². The lowest BCUT2D eigenvalue weighted by Gasteiger charge is -2.01. The van der Waals surface area contributed by atoms with Crippen molar-refractivity contribution in [3.05, 3.63) is 64.2 Å². The zero-order chi connectivity index (χ0) is 14.8. The highest BCUT2D eigenvalue weighted by molar-refractivity contribution is 7.13. The number of rotatable bonds is 3. The maximum atomic E-state index is 13.9. The molecule has 3 rings (SSSR count). The van der Waals surface area contributed by atoms with E-state index in [2.05, 4.69) is 4.98 Å². The molecule has 0 amide bonds. The molecule has 2 aromatic carbocycles. The van der Waals surface area contributed by atoms with Crippen LogP contribution in [0.4, 0.5) is 4.39 Å². The Kier molecular flexibility index (Phi) is 4.01. The van der Waals surface area contributed by atoms with Gasteiger partial charge in [-0.2, -0.15) is 0 Å². The predicted molar refractivity (Wildman–Crippen MR) is 85.8 cm³/mol. The molecule has 106 valence electrons. The molecular formula is C16H12ClFN2S. The molecule has 5 heteroatoms. The van der Waals surface area contributed by atoms with Crippen LogP contribution in [0.1, 0.15) is 5.56 Å². The van der Waals surface area contributed by atoms with Crippen molar-refractivity contribution in [2.45, 2.75) is 6.54 Å². The SMILES string of the molecule is NCc1cccc(-c2csc(-c3cc(Cl)ccc3F)n2)c1. The smallest absolute Gasteiger partial charge is 0.133 e. The molecule has 0 aliphatic carbocycles. The van der Waals surface area contributed by atoms with Crippen LogP contribution >= 0.6 is 22.9 Å². The Morgan fingerprint density at radius 3 is 2.86 bits per heavy atom. The quantitative estimate of drug-likeness (QED) is 0.758. The van der Waals surface area contributed by atoms with Crippen LogP contribution < -0.4 is 5.73 Å². The van der Waals surface area contributed by atoms with Gasteiger partial charge in [-0.25, -0.2) is 9.37 Å². The van der Waals surface area contributed by atoms with Crippen LogP contribution in [0.3, 0.4) is 0 Å². The molecule has 0 aliphatic heterocycles. The average Bonchev–Trinajstić information content (AvgIpc) is 2.99. The van der Waals surface area contributed by atoms with Crippen molar-refractivity contribution in [2.24, 2.45) is 5.73 Å². The van der Waals surface area contributed by atoms with Crippen LogP contribution in [-0.2, 0) is 6.54 Å². The maximum Gasteiger partial charge on any atom is 0.133 e. The molecule has 0 bridgehead atoms. The molecule has 0 aliphatic rings. The first-order chi connectivity index (χ1) is 10.2. The van der Waals surface area contributed by atoms with Crippen molar-refractivity contribution in [3.63, 3.8) is 0 Å². The van der Waals surface area contributed by atoms with Crippen molar-refractivity contribution < 1.29 is 4.39 Å². The molecule has 1 heterocycles. The molecule has 0 saturated heterocycles. The van der Waals surface area contributed by atoms with Gasteiger partial charge in [0.25, 0.3) is 0 Å². The number of nitrogens with zero attached hydrogens (tertiary/aromatic N) is 1. The fourth-order valence-corrected chi connectivity index (χ4v) is 3.07. The Labute approximate surface area is 131 Å². The Bertz CT molecular complexity index is 785. The average molecular weight is 319 g/mol. The molecule has 21 heavy (non-hydrogen) atoms. The van der Waals surface area contributed by atoms with Crippen molar-refractivity contribution in [2.75, 3.05) is 0 Å². The van der Waals surface area contributed by atoms with Gasteiger partial charge in [0.2, 0.25) is 0 Å². The first-order valence-electron chi connectivity index (χ1n) is 6.37. The van der Waals surface area contributed by atoms with Gasteiger partial charge in [0.15, 0.2) is 0 Å². The number of benzene rings is 2. The molecule has 2 nitrogen and oxygen atoms in total. The lowest BCUT2D eigenvalue weighted by atomic mass is 10.1. The third kappa shape index (κ3) is 2.97. The highest BCUT2D eigenvalue weighted by Crippen LogP contribution is 2.32. The number of nitrogens with two attached hydrogens (primary N) is 1. The Hall–Kier alpha value is -1.75. The zero-order valence-corrected chi connectivity index (χ0v) is 12.6. The molecule has 0 saturated carbocycles. The lowest BCUT2D eigenvalue weighted by molar-refractivity contribution is 0.631. The molecule has 0 unspecified atom stereocenters. The third-order valence-corrected chi connectivity index (χ3v) is 4.23. The molecular weight excluding hydrogens is 307 g/mol. The van der Waals surface area contributed by atoms with E-state index in [4.69, 9.17) is 17.3 Å². The maximum absolute atomic E-state index is 13.9. The van der Waals surface area contributed by atoms with E-state index in [1.165, 1.54) is 23.5 Å². The minimum Gasteiger partial charge on any atom is -0.326 e. The zero-order valence-electron chi connectivity index (χ0n) is 11.0. The van der Waals surface area contributed by atoms with E-state index in [0.29, 0.717) is 22.1 Å². The summed E-state index contributed by atoms with van der Waals surface area (Å²) >= 11 is 7.32. The molecule has 0 atom stereocenters. The van der Waals surface area contributed by atoms with E-state index in [9.17, 15) is 4.39 Å². The number of thiazole rings is 1. The van der Waals surface area contributed by atoms with E-state index in [-0.39, 0.29) is 5.82 Å². The van der Waals surface area contributed by atoms with Gasteiger partial charge in [-0.05, 0) is 29.8 Å². The summed E-state index contributed by atoms with van der Waals surface area (Å²) < 4.78 is 13.9. The number of aromatic nitrogens is 1. The summed E-state index contributed by atoms with van der Waals surface area (Å²) in [4.78, 5) is 4.51. The van der Waals surface area contributed by atoms with Gasteiger partial charge < -0.3 is 5.73 Å². The molecule has 0 radical (unpaired) electrons. The summed E-state index contributed by atoms with van der Waals surface area (Å²) in [5.74, 6) is -0.323. The number of hydrogen-bond donors (Lipinski definition) is 1. The molecule has 2 N–H and O–H groups in total. The Balaban J connectivity index is 2.01. The van der Waals surface area contributed by atoms with E-state index >= 15 is 0 Å². The van der Waals surface area contributed by atoms with Crippen molar-refractivity contribution in [1.29, 1.82) is 0 Å². The summed E-state index contributed by atoms with van der Waals surface area (Å²) in [6, 6.07) is 12.3. The van der Waals surface area contributed by atoms with Crippen LogP contribution in [0.25, 0.3) is 21.8 Å². The fourth-order valence-electron chi connectivity index (χ4n) is 2.05. The second-order valence-corrected chi connectivity index (χ2v) is 5.86. The molecule has 1 aromatic heterocycles. The van der Waals surface area contributed by atoms with Gasteiger partial charge in [-0.1, -0.05) is 29.8 Å². The standard InChI is InChI=1S/C16H12ClFN2S/c17-12-4-5-14(18)13(7-12)16-20-15(9-21-16)11-3-1-2-10(6-11)8-19/h1-7,9H,8,19H2. The first kappa shape index (κ1) is 14.2. The van der Waals surface area contributed by atoms with Crippen LogP contribution in [0.15, 0.2) is 47.8 Å². The summed E-state index contributed by atoms with van der Waals surface area (Å²) in [5.41, 5.74) is 8.89. The lowest BCUT2D eigenvalue weighted by Crippen LogP contribution is -1.95. The highest BCUT2D eigenvalue weighted by Gasteiger charge is 2.11. The minimum atomic E-state index is -0.323. The predicted octanol–water partition coefficient (Wildman–Crippen LogP) is 4.73. The van der Waals surface area contributed by atoms with Gasteiger partial charge in [-0.3, -0.25) is 0 Å². The topological polar surface area (TPSA) is 38.9 Å². The largest absolute Gasteiger partial charge is 0.326 e. The highest BCUT2D eigenvalue weighted by atomic mass is 35.5. The summed E-state index contributed by atoms with van der Waals surface area (Å²) in [5, 5.41) is 3.02. The van der Waals surface area contributed by atoms with E-state index in [1.807, 2.05) is 29.6 Å². The Morgan fingerprint density at radius 1 is 1.19 bits per heavy atom. The van der Waals surface area contributed by atoms with Gasteiger partial charge in [0.05, 0.1) is 5.69 Å². The van der Waals surface area contributed by atoms with E-state index in [0.717, 1.165) is 16.8 Å². The normalized spacial score (nSPS) is 10.8. The fraction of sp³-hybridized carbons (Fsp3) is 0.0625. The van der Waals surface area contributed by atoms with Gasteiger partial charge in [0.1, 0.15) is 10.8 Å². The molecule has 0 fully saturated rings. The monoisotopic (exact) mass is 318 g/mol. The summed E-state index contributed by atoms with van der Waals surface area (Å²) in [7, 11) is 0. The van der Waals surface area contributed by atoms with E-state index in [1.54, 1.807) is 6.07 Å². The number of hydrogen-bond acceptors (Lipinski definition) is 3. The van der Waals surface area contributed by atoms with Crippen molar-refractivity contribution >= 4 is 22.9 Å². The number of halogens is 2. The van der Waals surface area contributed by atoms with E-state index < -0.39 is 0 Å². The van der Waals surface area contributed by atoms with Gasteiger partial charge >= 0.3 is 0 Å². The van der Waals surface area contributed by atoms with Gasteiger partial charge in [0, 0.05) is 28.1 Å². The first-order valence-corrected chi connectivity index (χ1v) is 7.63. The second kappa shape index (κ2) is 5.93. The summed E-state index contributed by atoms with van der Waals surface area (Å²) in [6.07, 6.45) is 0. The third-order valence-electron chi connectivity index (χ3n) is 3.12. The van der Waals surface area contributed by atoms with Gasteiger partial charge in [-0.15, -0.1) is 11.3 Å². The molecule has 3 aromatic rings. The minimum absolute atomic E-state index is 0.323. The van der Waals surface area contributed by atoms with Crippen LogP contribution in [0, 0.1) is 5.82 Å². The van der Waals surface area contributed by atoms with Crippen LogP contribution in [0.2, 0.25) is 5.02 Å². The van der Waals surface area contributed by atoms with Crippen LogP contribution in [0.5, 0.6) is 0 Å². The second-order valence-electron chi connectivity index (χ2n) is 4.57. The molecule has 0 spiro atoms. The van der Waals surface area contributed by atoms with Crippen LogP contribution in [-0.4, -0.2) is 4.98 Å².